The second-order valence-electron chi connectivity index (χ2n) is 3.10. The predicted octanol–water partition coefficient (Wildman–Crippen LogP) is -0.212. The number of rotatable bonds is 2. The lowest BCUT2D eigenvalue weighted by molar-refractivity contribution is -0.635. The molecule has 0 saturated carbocycles. The Morgan fingerprint density at radius 3 is 3.36 bits per heavy atom. The first-order valence-corrected chi connectivity index (χ1v) is 4.67. The second-order valence-corrected chi connectivity index (χ2v) is 3.10. The van der Waals surface area contributed by atoms with Gasteiger partial charge in [0.1, 0.15) is 6.20 Å². The molecule has 1 unspecified atom stereocenters. The molecule has 1 aliphatic heterocycles. The van der Waals surface area contributed by atoms with Crippen LogP contribution in [0.2, 0.25) is 0 Å². The maximum atomic E-state index is 5.26. The molecule has 0 radical (unpaired) electrons. The minimum absolute atomic E-state index is 0.257. The van der Waals surface area contributed by atoms with Crippen molar-refractivity contribution in [3.05, 3.63) is 30.9 Å². The number of nitrogens with two attached hydrogens (primary N) is 1. The summed E-state index contributed by atoms with van der Waals surface area (Å²) in [7, 11) is 0. The molecule has 0 amide bonds. The van der Waals surface area contributed by atoms with Gasteiger partial charge in [0, 0.05) is 6.20 Å². The van der Waals surface area contributed by atoms with Crippen LogP contribution in [0.5, 0.6) is 0 Å². The van der Waals surface area contributed by atoms with Gasteiger partial charge in [-0.05, 0) is 12.5 Å². The van der Waals surface area contributed by atoms with E-state index in [0.717, 1.165) is 12.3 Å². The highest BCUT2D eigenvalue weighted by Crippen LogP contribution is 2.01. The van der Waals surface area contributed by atoms with Gasteiger partial charge in [-0.25, -0.2) is 5.43 Å². The summed E-state index contributed by atoms with van der Waals surface area (Å²) in [5, 5.41) is 0. The first-order valence-electron chi connectivity index (χ1n) is 4.67. The molecule has 2 rings (SSSR count). The van der Waals surface area contributed by atoms with Crippen LogP contribution in [0.4, 0.5) is 0 Å². The predicted molar refractivity (Wildman–Crippen MR) is 54.2 cm³/mol. The van der Waals surface area contributed by atoms with Crippen LogP contribution in [0.1, 0.15) is 13.3 Å². The molecule has 0 spiro atoms. The third-order valence-electron chi connectivity index (χ3n) is 2.22. The number of nitrogens with one attached hydrogen (secondary N) is 1. The van der Waals surface area contributed by atoms with Crippen molar-refractivity contribution < 1.29 is 4.68 Å². The van der Waals surface area contributed by atoms with E-state index in [-0.39, 0.29) is 6.04 Å². The van der Waals surface area contributed by atoms with E-state index in [1.165, 1.54) is 6.20 Å². The topological polar surface area (TPSA) is 59.2 Å². The molecule has 3 N–H and O–H groups in total. The van der Waals surface area contributed by atoms with E-state index in [2.05, 4.69) is 17.3 Å². The fraction of sp³-hybridized carbons (Fsp3) is 0.333. The normalized spacial score (nSPS) is 22.9. The van der Waals surface area contributed by atoms with Gasteiger partial charge in [0.15, 0.2) is 6.04 Å². The number of aliphatic imine (C=N–C) groups is 1. The number of aromatic nitrogens is 2. The molecule has 0 aliphatic carbocycles. The Bertz CT molecular complexity index is 376. The molecule has 2 heterocycles. The average Bonchev–Trinajstić information content (AvgIpc) is 2.74. The van der Waals surface area contributed by atoms with Crippen molar-refractivity contribution in [3.63, 3.8) is 0 Å². The van der Waals surface area contributed by atoms with Gasteiger partial charge in [-0.2, -0.15) is 0 Å². The fourth-order valence-corrected chi connectivity index (χ4v) is 1.56. The molecule has 0 fully saturated rings. The van der Waals surface area contributed by atoms with Crippen LogP contribution in [0.15, 0.2) is 35.9 Å². The molecular weight excluding hydrogens is 178 g/mol. The molecule has 1 aliphatic rings. The highest BCUT2D eigenvalue weighted by Gasteiger charge is 2.32. The summed E-state index contributed by atoms with van der Waals surface area (Å²) in [6.07, 6.45) is 7.95. The summed E-state index contributed by atoms with van der Waals surface area (Å²) in [5.74, 6) is 0.971. The van der Waals surface area contributed by atoms with E-state index < -0.39 is 0 Å². The minimum Gasteiger partial charge on any atom is -0.402 e. The third kappa shape index (κ3) is 1.26. The van der Waals surface area contributed by atoms with Crippen LogP contribution < -0.4 is 15.8 Å². The Labute approximate surface area is 82.5 Å². The van der Waals surface area contributed by atoms with Gasteiger partial charge in [0.05, 0.1) is 12.4 Å². The standard InChI is InChI=1S/C9H14N5/c1-2-8-9(11-5-4-10)13-6-3-7-14(13)12-8/h3-8,12H,2,10H2,1H3/q+1/b5-4-,11-9?. The molecule has 1 atom stereocenters. The van der Waals surface area contributed by atoms with Crippen LogP contribution in [0.3, 0.4) is 0 Å². The van der Waals surface area contributed by atoms with Crippen molar-refractivity contribution in [3.8, 4) is 0 Å². The summed E-state index contributed by atoms with van der Waals surface area (Å²) in [5.41, 5.74) is 8.56. The van der Waals surface area contributed by atoms with E-state index >= 15 is 0 Å². The van der Waals surface area contributed by atoms with E-state index in [1.807, 2.05) is 27.9 Å². The second kappa shape index (κ2) is 3.53. The van der Waals surface area contributed by atoms with Crippen molar-refractivity contribution in [2.45, 2.75) is 19.4 Å². The third-order valence-corrected chi connectivity index (χ3v) is 2.22. The van der Waals surface area contributed by atoms with Crippen molar-refractivity contribution in [2.24, 2.45) is 10.7 Å². The summed E-state index contributed by atoms with van der Waals surface area (Å²) in [4.78, 5) is 6.21. The number of nitrogens with zero attached hydrogens (tertiary/aromatic N) is 3. The van der Waals surface area contributed by atoms with Crippen LogP contribution in [-0.4, -0.2) is 16.7 Å². The van der Waals surface area contributed by atoms with Gasteiger partial charge >= 0.3 is 0 Å². The first-order chi connectivity index (χ1) is 6.86. The van der Waals surface area contributed by atoms with E-state index in [0.29, 0.717) is 0 Å². The van der Waals surface area contributed by atoms with Crippen molar-refractivity contribution in [2.75, 3.05) is 5.43 Å². The van der Waals surface area contributed by atoms with Crippen LogP contribution >= 0.6 is 0 Å². The first kappa shape index (κ1) is 8.80. The molecule has 5 heteroatoms. The van der Waals surface area contributed by atoms with Gasteiger partial charge in [-0.15, -0.1) is 14.5 Å². The minimum atomic E-state index is 0.257. The van der Waals surface area contributed by atoms with Gasteiger partial charge < -0.3 is 5.73 Å². The lowest BCUT2D eigenvalue weighted by Gasteiger charge is -1.98. The molecule has 14 heavy (non-hydrogen) atoms. The highest BCUT2D eigenvalue weighted by molar-refractivity contribution is 5.82. The van der Waals surface area contributed by atoms with Gasteiger partial charge in [-0.3, -0.25) is 0 Å². The smallest absolute Gasteiger partial charge is 0.299 e. The van der Waals surface area contributed by atoms with E-state index in [1.54, 1.807) is 6.20 Å². The quantitative estimate of drug-likeness (QED) is 0.637. The van der Waals surface area contributed by atoms with E-state index in [9.17, 15) is 0 Å². The maximum Gasteiger partial charge on any atom is 0.299 e. The van der Waals surface area contributed by atoms with Crippen LogP contribution in [-0.2, 0) is 0 Å². The average molecular weight is 192 g/mol. The maximum absolute atomic E-state index is 5.26. The molecule has 74 valence electrons. The van der Waals surface area contributed by atoms with Gasteiger partial charge in [-0.1, -0.05) is 6.92 Å². The van der Waals surface area contributed by atoms with Crippen LogP contribution in [0, 0.1) is 0 Å². The van der Waals surface area contributed by atoms with Crippen molar-refractivity contribution in [1.29, 1.82) is 0 Å². The van der Waals surface area contributed by atoms with Gasteiger partial charge in [0.2, 0.25) is 0 Å². The molecule has 0 saturated heterocycles. The summed E-state index contributed by atoms with van der Waals surface area (Å²) in [6.45, 7) is 2.12. The Hall–Kier alpha value is -1.78. The van der Waals surface area contributed by atoms with Gasteiger partial charge in [0.25, 0.3) is 5.84 Å². The zero-order valence-corrected chi connectivity index (χ0v) is 8.09. The Kier molecular flexibility index (Phi) is 2.22. The van der Waals surface area contributed by atoms with Crippen LogP contribution in [0.25, 0.3) is 0 Å². The molecule has 0 aromatic carbocycles. The van der Waals surface area contributed by atoms with Crippen molar-refractivity contribution >= 4 is 5.84 Å². The Balaban J connectivity index is 2.36. The number of hydrogen-bond donors (Lipinski definition) is 2. The zero-order valence-electron chi connectivity index (χ0n) is 8.09. The lowest BCUT2D eigenvalue weighted by Crippen LogP contribution is -2.46. The van der Waals surface area contributed by atoms with E-state index in [4.69, 9.17) is 5.73 Å². The molecule has 1 aromatic heterocycles. The summed E-state index contributed by atoms with van der Waals surface area (Å²) in [6, 6.07) is 2.22. The Morgan fingerprint density at radius 1 is 1.79 bits per heavy atom. The molecule has 0 bridgehead atoms. The lowest BCUT2D eigenvalue weighted by atomic mass is 10.2. The summed E-state index contributed by atoms with van der Waals surface area (Å²) < 4.78 is 1.97. The largest absolute Gasteiger partial charge is 0.402 e. The Morgan fingerprint density at radius 2 is 2.64 bits per heavy atom. The monoisotopic (exact) mass is 192 g/mol. The molecular formula is C9H14N5+. The SMILES string of the molecule is CCC1Nn2ccc[n+]2C1=N/C=C\N. The molecule has 5 nitrogen and oxygen atoms in total. The number of fused-ring (bicyclic) bond motifs is 1. The molecule has 1 aromatic rings. The zero-order chi connectivity index (χ0) is 9.97. The summed E-state index contributed by atoms with van der Waals surface area (Å²) >= 11 is 0. The fourth-order valence-electron chi connectivity index (χ4n) is 1.56. The van der Waals surface area contributed by atoms with Crippen molar-refractivity contribution in [1.82, 2.24) is 4.79 Å². The highest BCUT2D eigenvalue weighted by atomic mass is 15.7. The number of hydrogen-bond acceptors (Lipinski definition) is 3.